The van der Waals surface area contributed by atoms with Crippen LogP contribution in [-0.2, 0) is 18.3 Å². The lowest BCUT2D eigenvalue weighted by atomic mass is 9.86. The first-order chi connectivity index (χ1) is 15.3. The molecule has 0 spiro atoms. The highest BCUT2D eigenvalue weighted by atomic mass is 32.1. The Hall–Kier alpha value is -2.93. The van der Waals surface area contributed by atoms with Crippen molar-refractivity contribution in [2.45, 2.75) is 52.0 Å². The molecule has 1 aromatic carbocycles. The van der Waals surface area contributed by atoms with Gasteiger partial charge in [-0.25, -0.2) is 0 Å². The first-order valence-electron chi connectivity index (χ1n) is 11.0. The minimum Gasteiger partial charge on any atom is -0.481 e. The van der Waals surface area contributed by atoms with Crippen LogP contribution in [0.3, 0.4) is 0 Å². The monoisotopic (exact) mass is 451 g/mol. The number of carbonyl (C=O) groups is 2. The van der Waals surface area contributed by atoms with E-state index in [2.05, 4.69) is 41.6 Å². The molecule has 2 N–H and O–H groups in total. The van der Waals surface area contributed by atoms with Crippen LogP contribution < -0.4 is 5.32 Å². The van der Waals surface area contributed by atoms with E-state index in [0.717, 1.165) is 45.5 Å². The highest BCUT2D eigenvalue weighted by Crippen LogP contribution is 2.31. The maximum atomic E-state index is 13.2. The molecule has 32 heavy (non-hydrogen) atoms. The highest BCUT2D eigenvalue weighted by Gasteiger charge is 2.28. The van der Waals surface area contributed by atoms with Gasteiger partial charge in [0.05, 0.1) is 17.7 Å². The summed E-state index contributed by atoms with van der Waals surface area (Å²) in [5, 5.41) is 16.6. The number of hydrogen-bond acceptors (Lipinski definition) is 4. The van der Waals surface area contributed by atoms with Gasteiger partial charge in [-0.1, -0.05) is 24.3 Å². The average Bonchev–Trinajstić information content (AvgIpc) is 3.31. The van der Waals surface area contributed by atoms with E-state index in [9.17, 15) is 14.7 Å². The first-order valence-corrected chi connectivity index (χ1v) is 11.8. The summed E-state index contributed by atoms with van der Waals surface area (Å²) in [7, 11) is 1.91. The zero-order chi connectivity index (χ0) is 22.8. The molecule has 1 amide bonds. The molecule has 168 valence electrons. The summed E-state index contributed by atoms with van der Waals surface area (Å²) < 4.78 is 1.79. The number of rotatable bonds is 6. The van der Waals surface area contributed by atoms with Crippen LogP contribution in [0.1, 0.15) is 56.9 Å². The molecule has 6 nitrogen and oxygen atoms in total. The van der Waals surface area contributed by atoms with Gasteiger partial charge >= 0.3 is 5.97 Å². The van der Waals surface area contributed by atoms with Crippen molar-refractivity contribution in [1.82, 2.24) is 15.1 Å². The fourth-order valence-electron chi connectivity index (χ4n) is 4.57. The Morgan fingerprint density at radius 3 is 2.38 bits per heavy atom. The van der Waals surface area contributed by atoms with Gasteiger partial charge in [0, 0.05) is 34.6 Å². The Bertz CT molecular complexity index is 1120. The quantitative estimate of drug-likeness (QED) is 0.567. The van der Waals surface area contributed by atoms with E-state index in [1.54, 1.807) is 16.0 Å². The van der Waals surface area contributed by atoms with Gasteiger partial charge in [-0.3, -0.25) is 14.3 Å². The number of aromatic nitrogens is 2. The van der Waals surface area contributed by atoms with Gasteiger partial charge < -0.3 is 10.4 Å². The second-order valence-corrected chi connectivity index (χ2v) is 10.1. The molecule has 1 aliphatic carbocycles. The molecule has 1 aliphatic rings. The molecule has 0 unspecified atom stereocenters. The lowest BCUT2D eigenvalue weighted by Crippen LogP contribution is -2.39. The lowest BCUT2D eigenvalue weighted by Gasteiger charge is -2.27. The van der Waals surface area contributed by atoms with Crippen molar-refractivity contribution in [3.05, 3.63) is 63.1 Å². The van der Waals surface area contributed by atoms with Crippen LogP contribution in [0.2, 0.25) is 0 Å². The second kappa shape index (κ2) is 9.28. The maximum absolute atomic E-state index is 13.2. The molecule has 0 atom stereocenters. The van der Waals surface area contributed by atoms with Crippen LogP contribution in [0, 0.1) is 19.8 Å². The summed E-state index contributed by atoms with van der Waals surface area (Å²) >= 11 is 1.66. The van der Waals surface area contributed by atoms with Gasteiger partial charge in [-0.05, 0) is 62.6 Å². The molecule has 4 rings (SSSR count). The molecule has 0 saturated heterocycles. The van der Waals surface area contributed by atoms with Crippen molar-refractivity contribution in [2.75, 3.05) is 0 Å². The summed E-state index contributed by atoms with van der Waals surface area (Å²) in [6, 6.07) is 8.47. The van der Waals surface area contributed by atoms with E-state index < -0.39 is 5.97 Å². The standard InChI is InChI=1S/C25H29N3O3S/c1-15-22(12-17-4-6-18(7-5-17)20-13-26-28(3)14-20)23(16(2)32-15)24(29)27-21-10-8-19(9-11-21)25(30)31/h4-7,13-14,19,21H,8-12H2,1-3H3,(H,27,29)(H,30,31). The van der Waals surface area contributed by atoms with Crippen LogP contribution in [0.4, 0.5) is 0 Å². The summed E-state index contributed by atoms with van der Waals surface area (Å²) in [5.41, 5.74) is 5.23. The number of aryl methyl sites for hydroxylation is 3. The maximum Gasteiger partial charge on any atom is 0.306 e. The fraction of sp³-hybridized carbons (Fsp3) is 0.400. The molecule has 0 aliphatic heterocycles. The molecule has 3 aromatic rings. The molecule has 2 heterocycles. The van der Waals surface area contributed by atoms with Crippen LogP contribution in [-0.4, -0.2) is 32.8 Å². The number of carbonyl (C=O) groups excluding carboxylic acids is 1. The zero-order valence-electron chi connectivity index (χ0n) is 18.7. The Balaban J connectivity index is 1.47. The van der Waals surface area contributed by atoms with Crippen LogP contribution in [0.25, 0.3) is 11.1 Å². The summed E-state index contributed by atoms with van der Waals surface area (Å²) in [4.78, 5) is 26.6. The number of hydrogen-bond donors (Lipinski definition) is 2. The van der Waals surface area contributed by atoms with Crippen molar-refractivity contribution in [2.24, 2.45) is 13.0 Å². The van der Waals surface area contributed by atoms with Crippen LogP contribution in [0.15, 0.2) is 36.7 Å². The minimum atomic E-state index is -0.726. The largest absolute Gasteiger partial charge is 0.481 e. The number of nitrogens with zero attached hydrogens (tertiary/aromatic N) is 2. The smallest absolute Gasteiger partial charge is 0.306 e. The van der Waals surface area contributed by atoms with Gasteiger partial charge in [-0.15, -0.1) is 11.3 Å². The van der Waals surface area contributed by atoms with Crippen LogP contribution >= 0.6 is 11.3 Å². The Morgan fingerprint density at radius 2 is 1.78 bits per heavy atom. The third kappa shape index (κ3) is 4.78. The number of carboxylic acid groups (broad SMARTS) is 1. The van der Waals surface area contributed by atoms with Crippen molar-refractivity contribution in [1.29, 1.82) is 0 Å². The molecule has 2 aromatic heterocycles. The predicted molar refractivity (Wildman–Crippen MR) is 126 cm³/mol. The molecule has 1 fully saturated rings. The minimum absolute atomic E-state index is 0.0346. The molecule has 7 heteroatoms. The highest BCUT2D eigenvalue weighted by molar-refractivity contribution is 7.12. The zero-order valence-corrected chi connectivity index (χ0v) is 19.5. The normalized spacial score (nSPS) is 18.5. The van der Waals surface area contributed by atoms with Crippen molar-refractivity contribution in [3.63, 3.8) is 0 Å². The van der Waals surface area contributed by atoms with E-state index >= 15 is 0 Å². The average molecular weight is 452 g/mol. The van der Waals surface area contributed by atoms with E-state index in [-0.39, 0.29) is 17.9 Å². The third-order valence-corrected chi connectivity index (χ3v) is 7.46. The predicted octanol–water partition coefficient (Wildman–Crippen LogP) is 4.73. The Kier molecular flexibility index (Phi) is 6.46. The topological polar surface area (TPSA) is 84.2 Å². The first kappa shape index (κ1) is 22.3. The molecule has 0 radical (unpaired) electrons. The van der Waals surface area contributed by atoms with Crippen molar-refractivity contribution in [3.8, 4) is 11.1 Å². The van der Waals surface area contributed by atoms with Crippen molar-refractivity contribution < 1.29 is 14.7 Å². The number of thiophene rings is 1. The summed E-state index contributed by atoms with van der Waals surface area (Å²) in [5.74, 6) is -1.04. The SMILES string of the molecule is Cc1sc(C)c(C(=O)NC2CCC(C(=O)O)CC2)c1Cc1ccc(-c2cnn(C)c2)cc1. The van der Waals surface area contributed by atoms with E-state index in [4.69, 9.17) is 0 Å². The Labute approximate surface area is 192 Å². The summed E-state index contributed by atoms with van der Waals surface area (Å²) in [6.07, 6.45) is 7.24. The molecular formula is C25H29N3O3S. The second-order valence-electron chi connectivity index (χ2n) is 8.70. The Morgan fingerprint density at radius 1 is 1.09 bits per heavy atom. The molecular weight excluding hydrogens is 422 g/mol. The number of carboxylic acids is 1. The number of nitrogens with one attached hydrogen (secondary N) is 1. The molecule has 0 bridgehead atoms. The van der Waals surface area contributed by atoms with Gasteiger partial charge in [0.15, 0.2) is 0 Å². The van der Waals surface area contributed by atoms with Crippen LogP contribution in [0.5, 0.6) is 0 Å². The molecule has 1 saturated carbocycles. The third-order valence-electron chi connectivity index (χ3n) is 6.40. The van der Waals surface area contributed by atoms with Gasteiger partial charge in [0.1, 0.15) is 0 Å². The summed E-state index contributed by atoms with van der Waals surface area (Å²) in [6.45, 7) is 4.08. The number of benzene rings is 1. The van der Waals surface area contributed by atoms with Gasteiger partial charge in [-0.2, -0.15) is 5.10 Å². The number of aliphatic carboxylic acids is 1. The number of amides is 1. The fourth-order valence-corrected chi connectivity index (χ4v) is 5.65. The van der Waals surface area contributed by atoms with E-state index in [1.165, 1.54) is 4.88 Å². The van der Waals surface area contributed by atoms with E-state index in [1.807, 2.05) is 26.4 Å². The van der Waals surface area contributed by atoms with Gasteiger partial charge in [0.25, 0.3) is 5.91 Å². The van der Waals surface area contributed by atoms with Crippen molar-refractivity contribution >= 4 is 23.2 Å². The lowest BCUT2D eigenvalue weighted by molar-refractivity contribution is -0.142. The van der Waals surface area contributed by atoms with Gasteiger partial charge in [0.2, 0.25) is 0 Å². The van der Waals surface area contributed by atoms with E-state index in [0.29, 0.717) is 19.3 Å².